The van der Waals surface area contributed by atoms with E-state index in [1.807, 2.05) is 0 Å². The van der Waals surface area contributed by atoms with E-state index in [-0.39, 0.29) is 24.0 Å². The summed E-state index contributed by atoms with van der Waals surface area (Å²) in [7, 11) is 0. The zero-order valence-electron chi connectivity index (χ0n) is 5.05. The molecule has 0 saturated heterocycles. The minimum Gasteiger partial charge on any atom is -0.291 e. The fourth-order valence-electron chi connectivity index (χ4n) is 0.850. The number of rotatable bonds is 0. The van der Waals surface area contributed by atoms with E-state index in [0.29, 0.717) is 12.8 Å². The van der Waals surface area contributed by atoms with Gasteiger partial charge in [-0.05, 0) is 12.8 Å². The minimum atomic E-state index is -0.170. The number of hydrogen-bond donors (Lipinski definition) is 0. The van der Waals surface area contributed by atoms with Crippen LogP contribution in [0.2, 0.25) is 0 Å². The predicted octanol–water partition coefficient (Wildman–Crippen LogP) is 1.12. The average molecular weight is 149 g/mol. The number of ketones is 2. The smallest absolute Gasteiger partial charge is 0.198 e. The van der Waals surface area contributed by atoms with Crippen LogP contribution in [0.15, 0.2) is 0 Å². The second-order valence-electron chi connectivity index (χ2n) is 2.05. The van der Waals surface area contributed by atoms with E-state index in [1.165, 1.54) is 0 Å². The van der Waals surface area contributed by atoms with Crippen LogP contribution in [-0.2, 0) is 9.59 Å². The van der Waals surface area contributed by atoms with E-state index in [2.05, 4.69) is 0 Å². The molecule has 9 heavy (non-hydrogen) atoms. The number of hydrogen-bond acceptors (Lipinski definition) is 2. The summed E-state index contributed by atoms with van der Waals surface area (Å²) in [6.07, 6.45) is 2.78. The molecule has 0 aromatic heterocycles. The number of carbonyl (C=O) groups is 2. The molecule has 0 aliphatic heterocycles. The van der Waals surface area contributed by atoms with Gasteiger partial charge in [0.15, 0.2) is 11.6 Å². The average Bonchev–Trinajstić information content (AvgIpc) is 1.77. The standard InChI is InChI=1S/C6H8O2.ClH/c7-5-3-1-2-4-6(5)8;/h1-4H2;1H. The Balaban J connectivity index is 0.000000640. The summed E-state index contributed by atoms with van der Waals surface area (Å²) in [6.45, 7) is 0. The molecule has 0 heterocycles. The van der Waals surface area contributed by atoms with E-state index in [0.717, 1.165) is 12.8 Å². The molecule has 1 aliphatic rings. The lowest BCUT2D eigenvalue weighted by molar-refractivity contribution is -0.137. The topological polar surface area (TPSA) is 34.1 Å². The second-order valence-corrected chi connectivity index (χ2v) is 2.05. The Hall–Kier alpha value is -0.370. The molecule has 0 spiro atoms. The van der Waals surface area contributed by atoms with Gasteiger partial charge in [-0.2, -0.15) is 0 Å². The zero-order chi connectivity index (χ0) is 5.98. The molecule has 3 heteroatoms. The summed E-state index contributed by atoms with van der Waals surface area (Å²) in [6, 6.07) is 0. The fourth-order valence-corrected chi connectivity index (χ4v) is 0.850. The largest absolute Gasteiger partial charge is 0.291 e. The van der Waals surface area contributed by atoms with E-state index < -0.39 is 0 Å². The quantitative estimate of drug-likeness (QED) is 0.483. The van der Waals surface area contributed by atoms with Gasteiger partial charge in [0.05, 0.1) is 0 Å². The van der Waals surface area contributed by atoms with Crippen molar-refractivity contribution >= 4 is 24.0 Å². The third-order valence-electron chi connectivity index (χ3n) is 1.37. The molecular formula is C6H9ClO2. The van der Waals surface area contributed by atoms with Crippen LogP contribution in [0.4, 0.5) is 0 Å². The Morgan fingerprint density at radius 2 is 1.22 bits per heavy atom. The molecule has 1 saturated carbocycles. The molecule has 0 amide bonds. The van der Waals surface area contributed by atoms with Gasteiger partial charge in [0.25, 0.3) is 0 Å². The van der Waals surface area contributed by atoms with Crippen LogP contribution in [0.3, 0.4) is 0 Å². The summed E-state index contributed by atoms with van der Waals surface area (Å²) >= 11 is 0. The maximum Gasteiger partial charge on any atom is 0.198 e. The van der Waals surface area contributed by atoms with Crippen molar-refractivity contribution in [3.05, 3.63) is 0 Å². The third-order valence-corrected chi connectivity index (χ3v) is 1.37. The van der Waals surface area contributed by atoms with Gasteiger partial charge in [0, 0.05) is 12.8 Å². The first-order valence-electron chi connectivity index (χ1n) is 2.87. The van der Waals surface area contributed by atoms with Crippen molar-refractivity contribution in [3.63, 3.8) is 0 Å². The first-order valence-corrected chi connectivity index (χ1v) is 2.87. The van der Waals surface area contributed by atoms with Gasteiger partial charge in [-0.15, -0.1) is 12.4 Å². The molecule has 0 bridgehead atoms. The summed E-state index contributed by atoms with van der Waals surface area (Å²) in [5.74, 6) is -0.340. The Labute approximate surface area is 60.0 Å². The van der Waals surface area contributed by atoms with Crippen LogP contribution in [0.1, 0.15) is 25.7 Å². The molecule has 0 aromatic rings. The lowest BCUT2D eigenvalue weighted by Crippen LogP contribution is -2.17. The van der Waals surface area contributed by atoms with Crippen molar-refractivity contribution in [1.29, 1.82) is 0 Å². The maximum atomic E-state index is 10.4. The van der Waals surface area contributed by atoms with E-state index in [1.54, 1.807) is 0 Å². The van der Waals surface area contributed by atoms with Crippen LogP contribution in [0.5, 0.6) is 0 Å². The van der Waals surface area contributed by atoms with E-state index >= 15 is 0 Å². The Bertz CT molecular complexity index is 115. The van der Waals surface area contributed by atoms with E-state index in [4.69, 9.17) is 0 Å². The van der Waals surface area contributed by atoms with Gasteiger partial charge in [-0.25, -0.2) is 0 Å². The molecule has 0 radical (unpaired) electrons. The van der Waals surface area contributed by atoms with Crippen LogP contribution >= 0.6 is 12.4 Å². The summed E-state index contributed by atoms with van der Waals surface area (Å²) in [5, 5.41) is 0. The lowest BCUT2D eigenvalue weighted by atomic mass is 9.98. The number of carbonyl (C=O) groups excluding carboxylic acids is 2. The molecule has 0 atom stereocenters. The summed E-state index contributed by atoms with van der Waals surface area (Å²) in [5.41, 5.74) is 0. The predicted molar refractivity (Wildman–Crippen MR) is 35.7 cm³/mol. The SMILES string of the molecule is Cl.O=C1CCCCC1=O. The molecule has 0 N–H and O–H groups in total. The van der Waals surface area contributed by atoms with Crippen molar-refractivity contribution in [3.8, 4) is 0 Å². The Morgan fingerprint density at radius 1 is 0.889 bits per heavy atom. The van der Waals surface area contributed by atoms with Gasteiger partial charge in [-0.3, -0.25) is 9.59 Å². The molecule has 2 nitrogen and oxygen atoms in total. The van der Waals surface area contributed by atoms with Crippen LogP contribution in [-0.4, -0.2) is 11.6 Å². The highest BCUT2D eigenvalue weighted by Gasteiger charge is 2.16. The zero-order valence-corrected chi connectivity index (χ0v) is 5.87. The molecule has 1 fully saturated rings. The highest BCUT2D eigenvalue weighted by molar-refractivity contribution is 6.37. The Kier molecular flexibility index (Phi) is 3.47. The summed E-state index contributed by atoms with van der Waals surface area (Å²) in [4.78, 5) is 20.9. The normalized spacial score (nSPS) is 19.1. The van der Waals surface area contributed by atoms with Gasteiger partial charge in [-0.1, -0.05) is 0 Å². The molecule has 52 valence electrons. The molecule has 1 rings (SSSR count). The first-order chi connectivity index (χ1) is 3.80. The molecule has 0 aromatic carbocycles. The first kappa shape index (κ1) is 8.63. The maximum absolute atomic E-state index is 10.4. The number of Topliss-reactive ketones (excluding diaryl/α,β-unsaturated/α-hetero) is 2. The van der Waals surface area contributed by atoms with Crippen LogP contribution in [0.25, 0.3) is 0 Å². The van der Waals surface area contributed by atoms with Crippen LogP contribution < -0.4 is 0 Å². The van der Waals surface area contributed by atoms with Crippen molar-refractivity contribution in [2.24, 2.45) is 0 Å². The van der Waals surface area contributed by atoms with Crippen molar-refractivity contribution < 1.29 is 9.59 Å². The highest BCUT2D eigenvalue weighted by Crippen LogP contribution is 2.09. The fraction of sp³-hybridized carbons (Fsp3) is 0.667. The second kappa shape index (κ2) is 3.62. The third kappa shape index (κ3) is 2.14. The summed E-state index contributed by atoms with van der Waals surface area (Å²) < 4.78 is 0. The van der Waals surface area contributed by atoms with Crippen molar-refractivity contribution in [2.75, 3.05) is 0 Å². The molecule has 0 unspecified atom stereocenters. The van der Waals surface area contributed by atoms with Gasteiger partial charge in [0.1, 0.15) is 0 Å². The molecular weight excluding hydrogens is 140 g/mol. The minimum absolute atomic E-state index is 0. The monoisotopic (exact) mass is 148 g/mol. The lowest BCUT2D eigenvalue weighted by Gasteiger charge is -2.04. The van der Waals surface area contributed by atoms with Gasteiger partial charge < -0.3 is 0 Å². The van der Waals surface area contributed by atoms with Gasteiger partial charge in [0.2, 0.25) is 0 Å². The molecule has 1 aliphatic carbocycles. The van der Waals surface area contributed by atoms with E-state index in [9.17, 15) is 9.59 Å². The Morgan fingerprint density at radius 3 is 1.44 bits per heavy atom. The highest BCUT2D eigenvalue weighted by atomic mass is 35.5. The van der Waals surface area contributed by atoms with Crippen molar-refractivity contribution in [1.82, 2.24) is 0 Å². The van der Waals surface area contributed by atoms with Crippen molar-refractivity contribution in [2.45, 2.75) is 25.7 Å². The van der Waals surface area contributed by atoms with Gasteiger partial charge >= 0.3 is 0 Å². The van der Waals surface area contributed by atoms with Crippen LogP contribution in [0, 0.1) is 0 Å². The number of halogens is 1.